The summed E-state index contributed by atoms with van der Waals surface area (Å²) >= 11 is 5.78. The number of furan rings is 1. The van der Waals surface area contributed by atoms with Crippen molar-refractivity contribution < 1.29 is 22.4 Å². The lowest BCUT2D eigenvalue weighted by Gasteiger charge is -2.24. The number of rotatable bonds is 6. The molecule has 8 nitrogen and oxygen atoms in total. The van der Waals surface area contributed by atoms with E-state index in [1.165, 1.54) is 16.4 Å². The van der Waals surface area contributed by atoms with Crippen LogP contribution in [-0.4, -0.2) is 44.2 Å². The van der Waals surface area contributed by atoms with Crippen LogP contribution in [0, 0.1) is 0 Å². The van der Waals surface area contributed by atoms with E-state index >= 15 is 0 Å². The van der Waals surface area contributed by atoms with Crippen LogP contribution < -0.4 is 10.6 Å². The average molecular weight is 426 g/mol. The molecule has 0 aliphatic carbocycles. The van der Waals surface area contributed by atoms with Gasteiger partial charge in [-0.15, -0.1) is 0 Å². The van der Waals surface area contributed by atoms with Gasteiger partial charge in [-0.3, -0.25) is 9.59 Å². The second-order valence-electron chi connectivity index (χ2n) is 6.32. The molecule has 10 heteroatoms. The van der Waals surface area contributed by atoms with Crippen molar-refractivity contribution in [3.63, 3.8) is 0 Å². The zero-order chi connectivity index (χ0) is 20.1. The molecule has 1 aromatic carbocycles. The van der Waals surface area contributed by atoms with Gasteiger partial charge < -0.3 is 15.1 Å². The number of anilines is 1. The van der Waals surface area contributed by atoms with Crippen LogP contribution in [0.1, 0.15) is 29.8 Å². The van der Waals surface area contributed by atoms with Crippen LogP contribution in [0.3, 0.4) is 0 Å². The average Bonchev–Trinajstić information content (AvgIpc) is 3.20. The number of hydrogen-bond acceptors (Lipinski definition) is 5. The molecule has 1 aliphatic heterocycles. The monoisotopic (exact) mass is 425 g/mol. The molecule has 2 aromatic rings. The Morgan fingerprint density at radius 1 is 1.04 bits per heavy atom. The fourth-order valence-corrected chi connectivity index (χ4v) is 4.35. The molecule has 2 amide bonds. The number of amides is 2. The predicted molar refractivity (Wildman–Crippen MR) is 104 cm³/mol. The molecular weight excluding hydrogens is 406 g/mol. The SMILES string of the molecule is O=C(CNC(=O)c1ccc(S(=O)(=O)N2CCCCC2)o1)Nc1ccc(Cl)cc1. The first-order valence-electron chi connectivity index (χ1n) is 8.80. The fourth-order valence-electron chi connectivity index (χ4n) is 2.80. The lowest BCUT2D eigenvalue weighted by Crippen LogP contribution is -2.35. The minimum atomic E-state index is -3.75. The van der Waals surface area contributed by atoms with Crippen molar-refractivity contribution in [3.8, 4) is 0 Å². The van der Waals surface area contributed by atoms with Gasteiger partial charge in [0.1, 0.15) is 0 Å². The van der Waals surface area contributed by atoms with Gasteiger partial charge in [0.2, 0.25) is 11.0 Å². The number of hydrogen-bond donors (Lipinski definition) is 2. The highest BCUT2D eigenvalue weighted by Crippen LogP contribution is 2.22. The third-order valence-corrected chi connectivity index (χ3v) is 6.28. The van der Waals surface area contributed by atoms with E-state index in [4.69, 9.17) is 16.0 Å². The number of benzene rings is 1. The van der Waals surface area contributed by atoms with Gasteiger partial charge in [0, 0.05) is 23.8 Å². The Kier molecular flexibility index (Phi) is 6.38. The highest BCUT2D eigenvalue weighted by molar-refractivity contribution is 7.89. The van der Waals surface area contributed by atoms with Crippen LogP contribution in [0.5, 0.6) is 0 Å². The molecule has 1 saturated heterocycles. The summed E-state index contributed by atoms with van der Waals surface area (Å²) in [5.74, 6) is -1.29. The molecule has 1 aliphatic rings. The maximum Gasteiger partial charge on any atom is 0.287 e. The summed E-state index contributed by atoms with van der Waals surface area (Å²) in [7, 11) is -3.75. The van der Waals surface area contributed by atoms with E-state index in [0.717, 1.165) is 19.3 Å². The van der Waals surface area contributed by atoms with Crippen LogP contribution in [0.25, 0.3) is 0 Å². The largest absolute Gasteiger partial charge is 0.438 e. The van der Waals surface area contributed by atoms with Gasteiger partial charge in [0.05, 0.1) is 6.54 Å². The highest BCUT2D eigenvalue weighted by atomic mass is 35.5. The van der Waals surface area contributed by atoms with E-state index in [1.807, 2.05) is 0 Å². The van der Waals surface area contributed by atoms with Gasteiger partial charge in [0.15, 0.2) is 5.76 Å². The zero-order valence-corrected chi connectivity index (χ0v) is 16.6. The number of nitrogens with one attached hydrogen (secondary N) is 2. The predicted octanol–water partition coefficient (Wildman–Crippen LogP) is 2.48. The van der Waals surface area contributed by atoms with Gasteiger partial charge in [-0.05, 0) is 49.2 Å². The smallest absolute Gasteiger partial charge is 0.287 e. The molecule has 2 N–H and O–H groups in total. The maximum absolute atomic E-state index is 12.5. The molecule has 3 rings (SSSR count). The summed E-state index contributed by atoms with van der Waals surface area (Å²) in [5.41, 5.74) is 0.538. The van der Waals surface area contributed by atoms with Crippen LogP contribution in [-0.2, 0) is 14.8 Å². The Morgan fingerprint density at radius 2 is 1.71 bits per heavy atom. The van der Waals surface area contributed by atoms with E-state index in [9.17, 15) is 18.0 Å². The van der Waals surface area contributed by atoms with Crippen molar-refractivity contribution in [1.29, 1.82) is 0 Å². The molecule has 0 atom stereocenters. The van der Waals surface area contributed by atoms with E-state index in [2.05, 4.69) is 10.6 Å². The lowest BCUT2D eigenvalue weighted by molar-refractivity contribution is -0.115. The molecule has 2 heterocycles. The molecular formula is C18H20ClN3O5S. The van der Waals surface area contributed by atoms with E-state index in [1.54, 1.807) is 24.3 Å². The van der Waals surface area contributed by atoms with Crippen molar-refractivity contribution in [3.05, 3.63) is 47.2 Å². The minimum Gasteiger partial charge on any atom is -0.438 e. The van der Waals surface area contributed by atoms with E-state index in [0.29, 0.717) is 23.8 Å². The van der Waals surface area contributed by atoms with Crippen LogP contribution >= 0.6 is 11.6 Å². The van der Waals surface area contributed by atoms with Gasteiger partial charge >= 0.3 is 0 Å². The van der Waals surface area contributed by atoms with Crippen molar-refractivity contribution in [2.24, 2.45) is 0 Å². The second-order valence-corrected chi connectivity index (χ2v) is 8.63. The van der Waals surface area contributed by atoms with Gasteiger partial charge in [-0.25, -0.2) is 8.42 Å². The first-order chi connectivity index (χ1) is 13.4. The second kappa shape index (κ2) is 8.76. The first-order valence-corrected chi connectivity index (χ1v) is 10.6. The van der Waals surface area contributed by atoms with Crippen LogP contribution in [0.15, 0.2) is 45.9 Å². The number of carbonyl (C=O) groups is 2. The van der Waals surface area contributed by atoms with Crippen LogP contribution in [0.4, 0.5) is 5.69 Å². The van der Waals surface area contributed by atoms with Gasteiger partial charge in [-0.2, -0.15) is 4.31 Å². The Balaban J connectivity index is 1.56. The summed E-state index contributed by atoms with van der Waals surface area (Å²) in [6, 6.07) is 9.06. The minimum absolute atomic E-state index is 0.171. The summed E-state index contributed by atoms with van der Waals surface area (Å²) in [6.07, 6.45) is 2.60. The summed E-state index contributed by atoms with van der Waals surface area (Å²) < 4.78 is 31.7. The summed E-state index contributed by atoms with van der Waals surface area (Å²) in [5, 5.41) is 5.27. The topological polar surface area (TPSA) is 109 Å². The molecule has 0 bridgehead atoms. The summed E-state index contributed by atoms with van der Waals surface area (Å²) in [6.45, 7) is 0.585. The molecule has 150 valence electrons. The normalized spacial score (nSPS) is 15.2. The van der Waals surface area contributed by atoms with Crippen LogP contribution in [0.2, 0.25) is 5.02 Å². The number of halogens is 1. The third-order valence-electron chi connectivity index (χ3n) is 4.25. The Morgan fingerprint density at radius 3 is 2.39 bits per heavy atom. The number of nitrogens with zero attached hydrogens (tertiary/aromatic N) is 1. The Hall–Kier alpha value is -2.36. The molecule has 1 fully saturated rings. The van der Waals surface area contributed by atoms with Crippen molar-refractivity contribution in [2.75, 3.05) is 25.0 Å². The molecule has 0 unspecified atom stereocenters. The maximum atomic E-state index is 12.5. The Labute approximate surface area is 167 Å². The molecule has 28 heavy (non-hydrogen) atoms. The Bertz CT molecular complexity index is 950. The first kappa shape index (κ1) is 20.4. The third kappa shape index (κ3) is 4.92. The molecule has 0 saturated carbocycles. The molecule has 0 spiro atoms. The highest BCUT2D eigenvalue weighted by Gasteiger charge is 2.29. The number of carbonyl (C=O) groups excluding carboxylic acids is 2. The number of sulfonamides is 1. The van der Waals surface area contributed by atoms with E-state index < -0.39 is 21.8 Å². The fraction of sp³-hybridized carbons (Fsp3) is 0.333. The number of piperidine rings is 1. The van der Waals surface area contributed by atoms with Gasteiger partial charge in [-0.1, -0.05) is 18.0 Å². The van der Waals surface area contributed by atoms with E-state index in [-0.39, 0.29) is 17.4 Å². The summed E-state index contributed by atoms with van der Waals surface area (Å²) in [4.78, 5) is 24.1. The van der Waals surface area contributed by atoms with Crippen molar-refractivity contribution in [2.45, 2.75) is 24.4 Å². The standard InChI is InChI=1S/C18H20ClN3O5S/c19-13-4-6-14(7-5-13)21-16(23)12-20-18(24)15-8-9-17(27-15)28(25,26)22-10-2-1-3-11-22/h4-9H,1-3,10-12H2,(H,20,24)(H,21,23). The molecule has 1 aromatic heterocycles. The quantitative estimate of drug-likeness (QED) is 0.739. The van der Waals surface area contributed by atoms with Crippen molar-refractivity contribution in [1.82, 2.24) is 9.62 Å². The molecule has 0 radical (unpaired) electrons. The van der Waals surface area contributed by atoms with Crippen molar-refractivity contribution >= 4 is 39.1 Å². The zero-order valence-electron chi connectivity index (χ0n) is 15.0. The van der Waals surface area contributed by atoms with Gasteiger partial charge in [0.25, 0.3) is 15.9 Å². The lowest BCUT2D eigenvalue weighted by atomic mass is 10.2.